The lowest BCUT2D eigenvalue weighted by atomic mass is 10.3. The predicted octanol–water partition coefficient (Wildman–Crippen LogP) is 1.21. The van der Waals surface area contributed by atoms with Crippen molar-refractivity contribution >= 4 is 27.0 Å². The summed E-state index contributed by atoms with van der Waals surface area (Å²) in [5.41, 5.74) is 1.08. The average Bonchev–Trinajstić information content (AvgIpc) is 3.01. The van der Waals surface area contributed by atoms with Crippen molar-refractivity contribution in [1.82, 2.24) is 19.7 Å². The number of sulfone groups is 1. The van der Waals surface area contributed by atoms with Crippen molar-refractivity contribution < 1.29 is 23.1 Å². The molecule has 0 saturated heterocycles. The molecule has 9 nitrogen and oxygen atoms in total. The van der Waals surface area contributed by atoms with E-state index < -0.39 is 16.0 Å². The van der Waals surface area contributed by atoms with Crippen LogP contribution in [0.3, 0.4) is 0 Å². The Hall–Kier alpha value is -2.88. The van der Waals surface area contributed by atoms with Crippen molar-refractivity contribution in [3.63, 3.8) is 0 Å². The molecule has 114 valence electrons. The Morgan fingerprint density at radius 3 is 2.86 bits per heavy atom. The molecule has 0 amide bonds. The Labute approximate surface area is 124 Å². The third kappa shape index (κ3) is 2.63. The Morgan fingerprint density at radius 1 is 1.41 bits per heavy atom. The molecule has 2 N–H and O–H groups in total. The normalized spacial score (nSPS) is 11.7. The van der Waals surface area contributed by atoms with E-state index in [-0.39, 0.29) is 10.6 Å². The molecule has 0 radical (unpaired) electrons. The van der Waals surface area contributed by atoms with E-state index in [1.165, 1.54) is 29.2 Å². The first-order chi connectivity index (χ1) is 10.3. The van der Waals surface area contributed by atoms with Crippen LogP contribution < -0.4 is 4.74 Å². The second-order valence-corrected chi connectivity index (χ2v) is 6.52. The number of carbonyl (C=O) groups is 1. The largest absolute Gasteiger partial charge is 0.511 e. The van der Waals surface area contributed by atoms with E-state index in [0.29, 0.717) is 17.0 Å². The predicted molar refractivity (Wildman–Crippen MR) is 75.0 cm³/mol. The van der Waals surface area contributed by atoms with Gasteiger partial charge in [-0.1, -0.05) is 0 Å². The highest BCUT2D eigenvalue weighted by atomic mass is 32.2. The van der Waals surface area contributed by atoms with Gasteiger partial charge in [-0.05, 0) is 18.2 Å². The van der Waals surface area contributed by atoms with Gasteiger partial charge in [0.05, 0.1) is 28.3 Å². The van der Waals surface area contributed by atoms with Gasteiger partial charge in [0.15, 0.2) is 15.6 Å². The number of rotatable bonds is 3. The van der Waals surface area contributed by atoms with Crippen LogP contribution in [0.25, 0.3) is 17.0 Å². The van der Waals surface area contributed by atoms with Crippen LogP contribution in [0.4, 0.5) is 4.79 Å². The van der Waals surface area contributed by atoms with E-state index in [2.05, 4.69) is 19.8 Å². The standard InChI is InChI=1S/C12H10N4O5S/c1-22(19,20)8-2-3-9-10(4-8)15-11(14-9)16-6-7(5-13-16)21-12(17)18/h2-6H,1H3,(H,14,15)(H,17,18). The van der Waals surface area contributed by atoms with E-state index >= 15 is 0 Å². The molecule has 0 spiro atoms. The van der Waals surface area contributed by atoms with Crippen LogP contribution in [-0.4, -0.2) is 45.7 Å². The molecule has 0 atom stereocenters. The fourth-order valence-corrected chi connectivity index (χ4v) is 2.54. The molecule has 0 unspecified atom stereocenters. The van der Waals surface area contributed by atoms with Gasteiger partial charge in [-0.15, -0.1) is 0 Å². The van der Waals surface area contributed by atoms with E-state index in [1.807, 2.05) is 0 Å². The molecule has 2 aromatic heterocycles. The number of benzene rings is 1. The number of ether oxygens (including phenoxy) is 1. The van der Waals surface area contributed by atoms with Gasteiger partial charge >= 0.3 is 6.16 Å². The molecular weight excluding hydrogens is 312 g/mol. The highest BCUT2D eigenvalue weighted by Crippen LogP contribution is 2.19. The molecular formula is C12H10N4O5S. The quantitative estimate of drug-likeness (QED) is 0.694. The fourth-order valence-electron chi connectivity index (χ4n) is 1.89. The molecule has 0 bridgehead atoms. The highest BCUT2D eigenvalue weighted by Gasteiger charge is 2.12. The zero-order valence-corrected chi connectivity index (χ0v) is 12.0. The summed E-state index contributed by atoms with van der Waals surface area (Å²) in [5, 5.41) is 12.5. The van der Waals surface area contributed by atoms with Gasteiger partial charge in [0.1, 0.15) is 0 Å². The second kappa shape index (κ2) is 4.84. The van der Waals surface area contributed by atoms with Crippen molar-refractivity contribution in [2.75, 3.05) is 6.26 Å². The number of hydrogen-bond donors (Lipinski definition) is 2. The molecule has 0 fully saturated rings. The van der Waals surface area contributed by atoms with Gasteiger partial charge in [0, 0.05) is 6.26 Å². The van der Waals surface area contributed by atoms with Crippen molar-refractivity contribution in [1.29, 1.82) is 0 Å². The summed E-state index contributed by atoms with van der Waals surface area (Å²) >= 11 is 0. The van der Waals surface area contributed by atoms with Gasteiger partial charge in [0.25, 0.3) is 0 Å². The van der Waals surface area contributed by atoms with E-state index in [1.54, 1.807) is 6.07 Å². The van der Waals surface area contributed by atoms with Gasteiger partial charge in [-0.2, -0.15) is 5.10 Å². The van der Waals surface area contributed by atoms with Crippen LogP contribution in [0, 0.1) is 0 Å². The number of aromatic nitrogens is 4. The number of fused-ring (bicyclic) bond motifs is 1. The third-order valence-corrected chi connectivity index (χ3v) is 3.96. The summed E-state index contributed by atoms with van der Waals surface area (Å²) < 4.78 is 28.8. The fraction of sp³-hybridized carbons (Fsp3) is 0.0833. The van der Waals surface area contributed by atoms with Crippen LogP contribution in [0.15, 0.2) is 35.5 Å². The monoisotopic (exact) mass is 322 g/mol. The number of carboxylic acid groups (broad SMARTS) is 1. The van der Waals surface area contributed by atoms with Gasteiger partial charge < -0.3 is 14.8 Å². The molecule has 10 heteroatoms. The maximum atomic E-state index is 11.5. The minimum atomic E-state index is -3.31. The second-order valence-electron chi connectivity index (χ2n) is 4.50. The lowest BCUT2D eigenvalue weighted by Gasteiger charge is -1.96. The number of nitrogens with zero attached hydrogens (tertiary/aromatic N) is 3. The summed E-state index contributed by atoms with van der Waals surface area (Å²) in [4.78, 5) is 17.8. The van der Waals surface area contributed by atoms with Gasteiger partial charge in [-0.3, -0.25) is 0 Å². The summed E-state index contributed by atoms with van der Waals surface area (Å²) in [6.45, 7) is 0. The maximum Gasteiger partial charge on any atom is 0.511 e. The van der Waals surface area contributed by atoms with Crippen LogP contribution >= 0.6 is 0 Å². The average molecular weight is 322 g/mol. The summed E-state index contributed by atoms with van der Waals surface area (Å²) in [6.07, 6.45) is 2.24. The highest BCUT2D eigenvalue weighted by molar-refractivity contribution is 7.90. The molecule has 0 saturated carbocycles. The Bertz CT molecular complexity index is 972. The Morgan fingerprint density at radius 2 is 2.18 bits per heavy atom. The number of imidazole rings is 1. The molecule has 0 aliphatic rings. The minimum absolute atomic E-state index is 0.0461. The molecule has 0 aliphatic carbocycles. The van der Waals surface area contributed by atoms with Crippen LogP contribution in [0.1, 0.15) is 0 Å². The van der Waals surface area contributed by atoms with Crippen molar-refractivity contribution in [2.45, 2.75) is 4.90 Å². The number of hydrogen-bond acceptors (Lipinski definition) is 6. The van der Waals surface area contributed by atoms with Crippen molar-refractivity contribution in [3.8, 4) is 11.7 Å². The van der Waals surface area contributed by atoms with Crippen LogP contribution in [-0.2, 0) is 9.84 Å². The topological polar surface area (TPSA) is 127 Å². The zero-order valence-electron chi connectivity index (χ0n) is 11.2. The number of nitrogens with one attached hydrogen (secondary N) is 1. The van der Waals surface area contributed by atoms with E-state index in [0.717, 1.165) is 6.26 Å². The Balaban J connectivity index is 2.01. The lowest BCUT2D eigenvalue weighted by molar-refractivity contribution is 0.144. The summed E-state index contributed by atoms with van der Waals surface area (Å²) in [5.74, 6) is 0.352. The SMILES string of the molecule is CS(=O)(=O)c1ccc2nc(-n3cc(OC(=O)O)cn3)[nH]c2c1. The molecule has 2 heterocycles. The Kier molecular flexibility index (Phi) is 3.10. The summed E-state index contributed by atoms with van der Waals surface area (Å²) in [6, 6.07) is 4.51. The van der Waals surface area contributed by atoms with Gasteiger partial charge in [0.2, 0.25) is 5.95 Å². The molecule has 3 aromatic rings. The van der Waals surface area contributed by atoms with E-state index in [4.69, 9.17) is 5.11 Å². The third-order valence-electron chi connectivity index (χ3n) is 2.85. The zero-order chi connectivity index (χ0) is 15.9. The van der Waals surface area contributed by atoms with Crippen LogP contribution in [0.2, 0.25) is 0 Å². The number of H-pyrrole nitrogens is 1. The van der Waals surface area contributed by atoms with Gasteiger partial charge in [-0.25, -0.2) is 22.9 Å². The van der Waals surface area contributed by atoms with Crippen molar-refractivity contribution in [3.05, 3.63) is 30.6 Å². The van der Waals surface area contributed by atoms with Crippen molar-refractivity contribution in [2.24, 2.45) is 0 Å². The first-order valence-electron chi connectivity index (χ1n) is 5.98. The molecule has 22 heavy (non-hydrogen) atoms. The first kappa shape index (κ1) is 14.1. The maximum absolute atomic E-state index is 11.5. The van der Waals surface area contributed by atoms with Crippen LogP contribution in [0.5, 0.6) is 5.75 Å². The molecule has 3 rings (SSSR count). The smallest absolute Gasteiger partial charge is 0.449 e. The molecule has 1 aromatic carbocycles. The first-order valence-corrected chi connectivity index (χ1v) is 7.88. The van der Waals surface area contributed by atoms with E-state index in [9.17, 15) is 13.2 Å². The lowest BCUT2D eigenvalue weighted by Crippen LogP contribution is -2.02. The molecule has 0 aliphatic heterocycles. The minimum Gasteiger partial charge on any atom is -0.449 e. The number of aromatic amines is 1. The summed E-state index contributed by atoms with van der Waals surface area (Å²) in [7, 11) is -3.31.